The highest BCUT2D eigenvalue weighted by Gasteiger charge is 2.22. The highest BCUT2D eigenvalue weighted by Crippen LogP contribution is 2.18. The number of nitrogens with zero attached hydrogens (tertiary/aromatic N) is 1. The van der Waals surface area contributed by atoms with Gasteiger partial charge in [0.1, 0.15) is 6.54 Å². The minimum atomic E-state index is 0. The number of halogens is 1. The smallest absolute Gasteiger partial charge is 0.220 e. The molecule has 0 radical (unpaired) electrons. The van der Waals surface area contributed by atoms with Crippen LogP contribution in [0.25, 0.3) is 0 Å². The quantitative estimate of drug-likeness (QED) is 0.499. The number of hydrogen-bond acceptors (Lipinski definition) is 1. The van der Waals surface area contributed by atoms with Gasteiger partial charge in [-0.15, -0.1) is 0 Å². The predicted molar refractivity (Wildman–Crippen MR) is 61.7 cm³/mol. The molecule has 1 aromatic heterocycles. The predicted octanol–water partition coefficient (Wildman–Crippen LogP) is -1.57. The lowest BCUT2D eigenvalue weighted by Gasteiger charge is -2.01. The molecule has 1 heterocycles. The molecule has 0 aromatic carbocycles. The summed E-state index contributed by atoms with van der Waals surface area (Å²) in [6.07, 6.45) is 9.17. The number of hydrogen-bond donors (Lipinski definition) is 1. The summed E-state index contributed by atoms with van der Waals surface area (Å²) < 4.78 is 2.15. The summed E-state index contributed by atoms with van der Waals surface area (Å²) in [5.74, 6) is 0.223. The van der Waals surface area contributed by atoms with Crippen molar-refractivity contribution in [1.82, 2.24) is 5.32 Å². The second kappa shape index (κ2) is 7.43. The molecule has 1 fully saturated rings. The molecule has 1 saturated carbocycles. The molecule has 0 saturated heterocycles. The number of aryl methyl sites for hydroxylation is 1. The van der Waals surface area contributed by atoms with Crippen LogP contribution in [0.3, 0.4) is 0 Å². The van der Waals surface area contributed by atoms with Gasteiger partial charge in [0, 0.05) is 31.0 Å². The van der Waals surface area contributed by atoms with Crippen LogP contribution in [0, 0.1) is 0 Å². The Morgan fingerprint density at radius 1 is 1.18 bits per heavy atom. The lowest BCUT2D eigenvalue weighted by molar-refractivity contribution is -0.697. The summed E-state index contributed by atoms with van der Waals surface area (Å²) in [7, 11) is 0. The lowest BCUT2D eigenvalue weighted by atomic mass is 10.2. The second-order valence-corrected chi connectivity index (χ2v) is 4.41. The van der Waals surface area contributed by atoms with E-state index < -0.39 is 0 Å². The van der Waals surface area contributed by atoms with Crippen LogP contribution in [0.5, 0.6) is 0 Å². The van der Waals surface area contributed by atoms with Crippen LogP contribution in [-0.4, -0.2) is 11.9 Å². The molecule has 3 nitrogen and oxygen atoms in total. The van der Waals surface area contributed by atoms with Crippen LogP contribution >= 0.6 is 0 Å². The van der Waals surface area contributed by atoms with Gasteiger partial charge in [0.25, 0.3) is 0 Å². The molecule has 94 valence electrons. The van der Waals surface area contributed by atoms with Gasteiger partial charge in [-0.3, -0.25) is 4.79 Å². The summed E-state index contributed by atoms with van der Waals surface area (Å²) in [5.41, 5.74) is 0. The van der Waals surface area contributed by atoms with Gasteiger partial charge in [-0.2, -0.15) is 0 Å². The van der Waals surface area contributed by atoms with Gasteiger partial charge < -0.3 is 22.3 Å². The monoisotopic (exact) mass is 298 g/mol. The van der Waals surface area contributed by atoms with Crippen LogP contribution in [0.2, 0.25) is 0 Å². The van der Waals surface area contributed by atoms with E-state index in [1.165, 1.54) is 12.8 Å². The van der Waals surface area contributed by atoms with Crippen molar-refractivity contribution in [3.63, 3.8) is 0 Å². The van der Waals surface area contributed by atoms with E-state index in [-0.39, 0.29) is 22.9 Å². The summed E-state index contributed by atoms with van der Waals surface area (Å²) in [6, 6.07) is 6.56. The molecule has 1 aliphatic rings. The van der Waals surface area contributed by atoms with Crippen molar-refractivity contribution in [3.05, 3.63) is 30.6 Å². The van der Waals surface area contributed by atoms with Crippen LogP contribution in [0.15, 0.2) is 30.6 Å². The Bertz CT molecular complexity index is 339. The topological polar surface area (TPSA) is 33.0 Å². The molecule has 1 aliphatic carbocycles. The van der Waals surface area contributed by atoms with Crippen molar-refractivity contribution >= 4 is 5.91 Å². The first-order valence-corrected chi connectivity index (χ1v) is 6.08. The van der Waals surface area contributed by atoms with Gasteiger partial charge in [-0.05, 0) is 19.3 Å². The summed E-state index contributed by atoms with van der Waals surface area (Å²) in [5, 5.41) is 3.01. The zero-order valence-corrected chi connectivity index (χ0v) is 11.5. The second-order valence-electron chi connectivity index (χ2n) is 4.41. The van der Waals surface area contributed by atoms with Crippen molar-refractivity contribution in [3.8, 4) is 0 Å². The first-order chi connectivity index (χ1) is 7.84. The fourth-order valence-electron chi connectivity index (χ4n) is 1.69. The molecule has 0 bridgehead atoms. The van der Waals surface area contributed by atoms with E-state index in [0.29, 0.717) is 12.5 Å². The third kappa shape index (κ3) is 5.82. The SMILES string of the molecule is O=C(CCCC[n+]1ccccc1)NC1CC1.[Br-]. The summed E-state index contributed by atoms with van der Waals surface area (Å²) in [4.78, 5) is 11.4. The number of unbranched alkanes of at least 4 members (excludes halogenated alkanes) is 1. The number of carbonyl (C=O) groups excluding carboxylic acids is 1. The van der Waals surface area contributed by atoms with Gasteiger partial charge in [0.05, 0.1) is 0 Å². The van der Waals surface area contributed by atoms with Gasteiger partial charge >= 0.3 is 0 Å². The van der Waals surface area contributed by atoms with Crippen molar-refractivity contribution in [1.29, 1.82) is 0 Å². The average Bonchev–Trinajstić information content (AvgIpc) is 3.10. The molecule has 1 aromatic rings. The average molecular weight is 299 g/mol. The van der Waals surface area contributed by atoms with Gasteiger partial charge in [-0.25, -0.2) is 4.57 Å². The maximum absolute atomic E-state index is 11.4. The largest absolute Gasteiger partial charge is 1.00 e. The van der Waals surface area contributed by atoms with E-state index in [0.717, 1.165) is 19.4 Å². The minimum absolute atomic E-state index is 0. The Labute approximate surface area is 113 Å². The van der Waals surface area contributed by atoms with Crippen molar-refractivity contribution in [2.75, 3.05) is 0 Å². The first kappa shape index (κ1) is 14.2. The molecule has 0 unspecified atom stereocenters. The Hall–Kier alpha value is -0.900. The Morgan fingerprint density at radius 2 is 1.88 bits per heavy atom. The number of carbonyl (C=O) groups is 1. The maximum Gasteiger partial charge on any atom is 0.220 e. The highest BCUT2D eigenvalue weighted by molar-refractivity contribution is 5.76. The van der Waals surface area contributed by atoms with Gasteiger partial charge in [0.15, 0.2) is 12.4 Å². The maximum atomic E-state index is 11.4. The number of amides is 1. The van der Waals surface area contributed by atoms with Crippen molar-refractivity contribution < 1.29 is 26.3 Å². The van der Waals surface area contributed by atoms with Crippen LogP contribution in [0.4, 0.5) is 0 Å². The lowest BCUT2D eigenvalue weighted by Crippen LogP contribution is -3.00. The zero-order chi connectivity index (χ0) is 11.2. The molecule has 2 rings (SSSR count). The number of aromatic nitrogens is 1. The molecule has 1 amide bonds. The number of rotatable bonds is 6. The van der Waals surface area contributed by atoms with E-state index in [9.17, 15) is 4.79 Å². The van der Waals surface area contributed by atoms with Gasteiger partial charge in [0.2, 0.25) is 5.91 Å². The summed E-state index contributed by atoms with van der Waals surface area (Å²) in [6.45, 7) is 0.998. The first-order valence-electron chi connectivity index (χ1n) is 6.08. The Morgan fingerprint density at radius 3 is 2.53 bits per heavy atom. The van der Waals surface area contributed by atoms with E-state index in [1.54, 1.807) is 0 Å². The van der Waals surface area contributed by atoms with Crippen LogP contribution in [-0.2, 0) is 11.3 Å². The van der Waals surface area contributed by atoms with E-state index in [2.05, 4.69) is 22.3 Å². The third-order valence-corrected chi connectivity index (χ3v) is 2.79. The Balaban J connectivity index is 0.00000144. The van der Waals surface area contributed by atoms with Crippen molar-refractivity contribution in [2.24, 2.45) is 0 Å². The zero-order valence-electron chi connectivity index (χ0n) is 9.94. The molecule has 0 aliphatic heterocycles. The minimum Gasteiger partial charge on any atom is -1.00 e. The molecule has 0 spiro atoms. The molecule has 17 heavy (non-hydrogen) atoms. The Kier molecular flexibility index (Phi) is 6.19. The number of nitrogens with one attached hydrogen (secondary N) is 1. The van der Waals surface area contributed by atoms with E-state index in [4.69, 9.17) is 0 Å². The molecule has 1 N–H and O–H groups in total. The molecule has 0 atom stereocenters. The van der Waals surface area contributed by atoms with E-state index in [1.807, 2.05) is 18.2 Å². The van der Waals surface area contributed by atoms with Crippen LogP contribution in [0.1, 0.15) is 32.1 Å². The highest BCUT2D eigenvalue weighted by atomic mass is 79.9. The van der Waals surface area contributed by atoms with Gasteiger partial charge in [-0.1, -0.05) is 6.07 Å². The fourth-order valence-corrected chi connectivity index (χ4v) is 1.69. The van der Waals surface area contributed by atoms with Crippen LogP contribution < -0.4 is 26.9 Å². The molecular formula is C13H19BrN2O. The summed E-state index contributed by atoms with van der Waals surface area (Å²) >= 11 is 0. The standard InChI is InChI=1S/C13H18N2O.BrH/c16-13(14-12-7-8-12)6-2-5-11-15-9-3-1-4-10-15;/h1,3-4,9-10,12H,2,5-8,11H2;1H. The molecular weight excluding hydrogens is 280 g/mol. The van der Waals surface area contributed by atoms with Crippen molar-refractivity contribution in [2.45, 2.75) is 44.7 Å². The third-order valence-electron chi connectivity index (χ3n) is 2.79. The molecule has 4 heteroatoms. The fraction of sp³-hybridized carbons (Fsp3) is 0.538. The normalized spacial score (nSPS) is 13.9. The number of pyridine rings is 1. The van der Waals surface area contributed by atoms with E-state index >= 15 is 0 Å².